The Hall–Kier alpha value is -1.55. The number of carboxylic acid groups (broad SMARTS) is 1. The number of carboxylic acids is 1. The number of hydrogen-bond donors (Lipinski definition) is 1. The van der Waals surface area contributed by atoms with Gasteiger partial charge in [0, 0.05) is 30.5 Å². The average molecular weight is 277 g/mol. The molecule has 0 spiro atoms. The molecule has 2 rings (SSSR count). The van der Waals surface area contributed by atoms with Gasteiger partial charge in [-0.1, -0.05) is 18.2 Å². The topological polar surface area (TPSA) is 49.8 Å². The van der Waals surface area contributed by atoms with Crippen LogP contribution >= 0.6 is 0 Å². The molecule has 1 unspecified atom stereocenters. The van der Waals surface area contributed by atoms with E-state index in [9.17, 15) is 4.79 Å². The Morgan fingerprint density at radius 2 is 2.20 bits per heavy atom. The minimum absolute atomic E-state index is 0.237. The first kappa shape index (κ1) is 14.9. The van der Waals surface area contributed by atoms with Crippen LogP contribution in [-0.4, -0.2) is 41.7 Å². The van der Waals surface area contributed by atoms with E-state index in [0.29, 0.717) is 18.4 Å². The smallest absolute Gasteiger partial charge is 0.303 e. The first-order chi connectivity index (χ1) is 9.58. The van der Waals surface area contributed by atoms with Crippen molar-refractivity contribution in [2.24, 2.45) is 0 Å². The van der Waals surface area contributed by atoms with Crippen LogP contribution in [0.25, 0.3) is 0 Å². The van der Waals surface area contributed by atoms with E-state index in [1.165, 1.54) is 5.56 Å². The second-order valence-corrected chi connectivity index (χ2v) is 5.63. The second kappa shape index (κ2) is 6.75. The Morgan fingerprint density at radius 3 is 2.90 bits per heavy atom. The highest BCUT2D eigenvalue weighted by Crippen LogP contribution is 2.34. The quantitative estimate of drug-likeness (QED) is 0.832. The summed E-state index contributed by atoms with van der Waals surface area (Å²) in [7, 11) is 0. The van der Waals surface area contributed by atoms with Crippen LogP contribution in [0.4, 0.5) is 0 Å². The highest BCUT2D eigenvalue weighted by Gasteiger charge is 2.26. The van der Waals surface area contributed by atoms with Crippen molar-refractivity contribution >= 4 is 5.97 Å². The molecule has 0 aliphatic carbocycles. The third kappa shape index (κ3) is 3.73. The van der Waals surface area contributed by atoms with Crippen molar-refractivity contribution in [1.82, 2.24) is 4.90 Å². The molecule has 1 heterocycles. The summed E-state index contributed by atoms with van der Waals surface area (Å²) < 4.78 is 5.71. The molecule has 110 valence electrons. The zero-order valence-corrected chi connectivity index (χ0v) is 12.2. The van der Waals surface area contributed by atoms with Gasteiger partial charge >= 0.3 is 5.97 Å². The Balaban J connectivity index is 1.94. The zero-order valence-electron chi connectivity index (χ0n) is 12.2. The Morgan fingerprint density at radius 1 is 1.45 bits per heavy atom. The van der Waals surface area contributed by atoms with Crippen molar-refractivity contribution in [2.75, 3.05) is 19.7 Å². The van der Waals surface area contributed by atoms with Gasteiger partial charge in [0.25, 0.3) is 0 Å². The van der Waals surface area contributed by atoms with Crippen molar-refractivity contribution in [3.8, 4) is 5.75 Å². The summed E-state index contributed by atoms with van der Waals surface area (Å²) >= 11 is 0. The average Bonchev–Trinajstić information content (AvgIpc) is 2.80. The van der Waals surface area contributed by atoms with Crippen LogP contribution < -0.4 is 4.74 Å². The molecule has 0 fully saturated rings. The van der Waals surface area contributed by atoms with Gasteiger partial charge in [0.2, 0.25) is 0 Å². The minimum atomic E-state index is -0.719. The molecule has 0 radical (unpaired) electrons. The molecule has 0 bridgehead atoms. The standard InChI is InChI=1S/C16H23NO3/c1-12(2)17(9-5-8-16(18)19)10-13-11-20-15-7-4-3-6-14(13)15/h3-4,6-7,12-13H,5,8-11H2,1-2H3,(H,18,19). The lowest BCUT2D eigenvalue weighted by Gasteiger charge is -2.28. The fourth-order valence-electron chi connectivity index (χ4n) is 2.66. The van der Waals surface area contributed by atoms with Gasteiger partial charge in [-0.3, -0.25) is 4.79 Å². The fourth-order valence-corrected chi connectivity index (χ4v) is 2.66. The first-order valence-corrected chi connectivity index (χ1v) is 7.25. The number of carbonyl (C=O) groups is 1. The lowest BCUT2D eigenvalue weighted by Crippen LogP contribution is -2.36. The van der Waals surface area contributed by atoms with E-state index in [0.717, 1.165) is 25.4 Å². The van der Waals surface area contributed by atoms with Crippen LogP contribution in [0.5, 0.6) is 5.75 Å². The summed E-state index contributed by atoms with van der Waals surface area (Å²) in [5, 5.41) is 8.74. The first-order valence-electron chi connectivity index (χ1n) is 7.25. The maximum absolute atomic E-state index is 10.6. The molecular formula is C16H23NO3. The molecule has 0 amide bonds. The molecule has 4 nitrogen and oxygen atoms in total. The van der Waals surface area contributed by atoms with Gasteiger partial charge in [0.05, 0.1) is 6.61 Å². The number of aliphatic carboxylic acids is 1. The summed E-state index contributed by atoms with van der Waals surface area (Å²) in [6, 6.07) is 8.60. The van der Waals surface area contributed by atoms with E-state index >= 15 is 0 Å². The molecule has 0 saturated carbocycles. The van der Waals surface area contributed by atoms with Crippen LogP contribution in [0, 0.1) is 0 Å². The number of benzene rings is 1. The Labute approximate surface area is 120 Å². The Kier molecular flexibility index (Phi) is 5.01. The molecule has 0 saturated heterocycles. The van der Waals surface area contributed by atoms with Crippen LogP contribution in [0.15, 0.2) is 24.3 Å². The molecule has 1 aromatic rings. The van der Waals surface area contributed by atoms with E-state index in [-0.39, 0.29) is 6.42 Å². The number of fused-ring (bicyclic) bond motifs is 1. The van der Waals surface area contributed by atoms with Crippen LogP contribution in [-0.2, 0) is 4.79 Å². The van der Waals surface area contributed by atoms with E-state index in [1.54, 1.807) is 0 Å². The van der Waals surface area contributed by atoms with Crippen LogP contribution in [0.3, 0.4) is 0 Å². The summed E-state index contributed by atoms with van der Waals surface area (Å²) in [5.41, 5.74) is 1.27. The number of nitrogens with zero attached hydrogens (tertiary/aromatic N) is 1. The molecule has 1 aliphatic rings. The normalized spacial score (nSPS) is 17.3. The van der Waals surface area contributed by atoms with Gasteiger partial charge in [-0.05, 0) is 32.9 Å². The zero-order chi connectivity index (χ0) is 14.5. The van der Waals surface area contributed by atoms with Crippen molar-refractivity contribution in [1.29, 1.82) is 0 Å². The van der Waals surface area contributed by atoms with E-state index in [2.05, 4.69) is 24.8 Å². The molecule has 1 N–H and O–H groups in total. The highest BCUT2D eigenvalue weighted by molar-refractivity contribution is 5.66. The van der Waals surface area contributed by atoms with Gasteiger partial charge in [-0.2, -0.15) is 0 Å². The number of para-hydroxylation sites is 1. The molecule has 0 aromatic heterocycles. The largest absolute Gasteiger partial charge is 0.493 e. The fraction of sp³-hybridized carbons (Fsp3) is 0.562. The molecule has 1 atom stereocenters. The van der Waals surface area contributed by atoms with E-state index in [1.807, 2.05) is 18.2 Å². The predicted octanol–water partition coefficient (Wildman–Crippen LogP) is 2.74. The number of ether oxygens (including phenoxy) is 1. The lowest BCUT2D eigenvalue weighted by atomic mass is 10.00. The second-order valence-electron chi connectivity index (χ2n) is 5.63. The van der Waals surface area contributed by atoms with Crippen molar-refractivity contribution in [3.63, 3.8) is 0 Å². The van der Waals surface area contributed by atoms with Crippen LogP contribution in [0.1, 0.15) is 38.2 Å². The van der Waals surface area contributed by atoms with Gasteiger partial charge in [0.15, 0.2) is 0 Å². The summed E-state index contributed by atoms with van der Waals surface area (Å²) in [5.74, 6) is 0.661. The summed E-state index contributed by atoms with van der Waals surface area (Å²) in [6.07, 6.45) is 0.934. The number of rotatable bonds is 7. The summed E-state index contributed by atoms with van der Waals surface area (Å²) in [6.45, 7) is 6.78. The highest BCUT2D eigenvalue weighted by atomic mass is 16.5. The maximum atomic E-state index is 10.6. The number of hydrogen-bond acceptors (Lipinski definition) is 3. The monoisotopic (exact) mass is 277 g/mol. The predicted molar refractivity (Wildman–Crippen MR) is 78.3 cm³/mol. The summed E-state index contributed by atoms with van der Waals surface area (Å²) in [4.78, 5) is 13.0. The van der Waals surface area contributed by atoms with Gasteiger partial charge in [-0.25, -0.2) is 0 Å². The Bertz CT molecular complexity index is 459. The molecule has 4 heteroatoms. The van der Waals surface area contributed by atoms with Crippen LogP contribution in [0.2, 0.25) is 0 Å². The van der Waals surface area contributed by atoms with E-state index < -0.39 is 5.97 Å². The molecule has 1 aromatic carbocycles. The minimum Gasteiger partial charge on any atom is -0.493 e. The third-order valence-corrected chi connectivity index (χ3v) is 3.82. The van der Waals surface area contributed by atoms with Crippen molar-refractivity contribution < 1.29 is 14.6 Å². The SMILES string of the molecule is CC(C)N(CCCC(=O)O)CC1COc2ccccc21. The van der Waals surface area contributed by atoms with Gasteiger partial charge in [0.1, 0.15) is 5.75 Å². The third-order valence-electron chi connectivity index (χ3n) is 3.82. The molecular weight excluding hydrogens is 254 g/mol. The van der Waals surface area contributed by atoms with Gasteiger partial charge < -0.3 is 14.7 Å². The van der Waals surface area contributed by atoms with E-state index in [4.69, 9.17) is 9.84 Å². The molecule has 20 heavy (non-hydrogen) atoms. The van der Waals surface area contributed by atoms with Crippen molar-refractivity contribution in [2.45, 2.75) is 38.6 Å². The van der Waals surface area contributed by atoms with Crippen molar-refractivity contribution in [3.05, 3.63) is 29.8 Å². The van der Waals surface area contributed by atoms with Gasteiger partial charge in [-0.15, -0.1) is 0 Å². The molecule has 1 aliphatic heterocycles. The maximum Gasteiger partial charge on any atom is 0.303 e. The lowest BCUT2D eigenvalue weighted by molar-refractivity contribution is -0.137.